The molecule has 0 aliphatic rings. The van der Waals surface area contributed by atoms with Crippen molar-refractivity contribution >= 4 is 22.6 Å². The van der Waals surface area contributed by atoms with E-state index in [0.29, 0.717) is 15.4 Å². The topological polar surface area (TPSA) is 38.9 Å². The number of rotatable bonds is 2. The van der Waals surface area contributed by atoms with E-state index >= 15 is 0 Å². The second-order valence-electron chi connectivity index (χ2n) is 4.34. The number of halogens is 2. The van der Waals surface area contributed by atoms with Crippen LogP contribution in [0.2, 0.25) is 0 Å². The van der Waals surface area contributed by atoms with Crippen LogP contribution in [0.1, 0.15) is 5.56 Å². The summed E-state index contributed by atoms with van der Waals surface area (Å²) in [5, 5.41) is 0. The van der Waals surface area contributed by atoms with Crippen LogP contribution in [0, 0.1) is 16.5 Å². The zero-order valence-electron chi connectivity index (χ0n) is 10.6. The minimum Gasteiger partial charge on any atom is -0.430 e. The smallest absolute Gasteiger partial charge is 0.229 e. The molecule has 0 N–H and O–H groups in total. The Morgan fingerprint density at radius 3 is 2.60 bits per heavy atom. The summed E-state index contributed by atoms with van der Waals surface area (Å²) in [6.07, 6.45) is 3.46. The number of aryl methyl sites for hydroxylation is 1. The van der Waals surface area contributed by atoms with Gasteiger partial charge in [0.2, 0.25) is 5.89 Å². The van der Waals surface area contributed by atoms with Gasteiger partial charge in [0.25, 0.3) is 0 Å². The quantitative estimate of drug-likeness (QED) is 0.617. The van der Waals surface area contributed by atoms with Crippen molar-refractivity contribution in [2.24, 2.45) is 0 Å². The molecular weight excluding hydrogens is 370 g/mol. The number of hydrogen-bond donors (Lipinski definition) is 0. The summed E-state index contributed by atoms with van der Waals surface area (Å²) in [4.78, 5) is 8.60. The first-order chi connectivity index (χ1) is 9.65. The summed E-state index contributed by atoms with van der Waals surface area (Å²) in [5.74, 6) is 0.259. The Hall–Kier alpha value is -1.76. The lowest BCUT2D eigenvalue weighted by molar-refractivity contribution is 0.546. The van der Waals surface area contributed by atoms with Gasteiger partial charge in [-0.25, -0.2) is 9.37 Å². The van der Waals surface area contributed by atoms with E-state index in [1.165, 1.54) is 12.1 Å². The van der Waals surface area contributed by atoms with Crippen molar-refractivity contribution < 1.29 is 8.81 Å². The van der Waals surface area contributed by atoms with Crippen molar-refractivity contribution in [3.63, 3.8) is 0 Å². The van der Waals surface area contributed by atoms with E-state index in [1.54, 1.807) is 24.5 Å². The van der Waals surface area contributed by atoms with Crippen molar-refractivity contribution in [1.82, 2.24) is 9.97 Å². The number of benzene rings is 1. The van der Waals surface area contributed by atoms with Crippen molar-refractivity contribution in [1.29, 1.82) is 0 Å². The third-order valence-electron chi connectivity index (χ3n) is 2.97. The van der Waals surface area contributed by atoms with Crippen LogP contribution in [0.5, 0.6) is 0 Å². The Labute approximate surface area is 129 Å². The van der Waals surface area contributed by atoms with Crippen LogP contribution < -0.4 is 0 Å². The highest BCUT2D eigenvalue weighted by atomic mass is 127. The molecule has 1 aromatic carbocycles. The van der Waals surface area contributed by atoms with Gasteiger partial charge in [-0.05, 0) is 42.8 Å². The van der Waals surface area contributed by atoms with Crippen LogP contribution in [0.3, 0.4) is 0 Å². The van der Waals surface area contributed by atoms with Gasteiger partial charge in [-0.2, -0.15) is 0 Å². The first-order valence-electron chi connectivity index (χ1n) is 5.98. The molecule has 0 aliphatic heterocycles. The fourth-order valence-electron chi connectivity index (χ4n) is 1.89. The molecule has 0 fully saturated rings. The molecule has 0 unspecified atom stereocenters. The third kappa shape index (κ3) is 2.45. The molecule has 3 nitrogen and oxygen atoms in total. The highest BCUT2D eigenvalue weighted by molar-refractivity contribution is 14.1. The fraction of sp³-hybridized carbons (Fsp3) is 0.0667. The van der Waals surface area contributed by atoms with Gasteiger partial charge in [0.1, 0.15) is 11.5 Å². The molecule has 0 spiro atoms. The van der Waals surface area contributed by atoms with Crippen LogP contribution in [-0.4, -0.2) is 9.97 Å². The Kier molecular flexibility index (Phi) is 3.52. The Balaban J connectivity index is 2.08. The number of pyridine rings is 1. The van der Waals surface area contributed by atoms with Gasteiger partial charge in [0.15, 0.2) is 3.77 Å². The molecule has 3 rings (SSSR count). The second kappa shape index (κ2) is 5.32. The molecular formula is C15H10FIN2O. The molecule has 2 heterocycles. The normalized spacial score (nSPS) is 10.8. The van der Waals surface area contributed by atoms with Gasteiger partial charge >= 0.3 is 0 Å². The lowest BCUT2D eigenvalue weighted by Crippen LogP contribution is -1.85. The Morgan fingerprint density at radius 2 is 1.90 bits per heavy atom. The van der Waals surface area contributed by atoms with Gasteiger partial charge in [-0.15, -0.1) is 0 Å². The second-order valence-corrected chi connectivity index (χ2v) is 5.32. The van der Waals surface area contributed by atoms with Crippen molar-refractivity contribution in [3.05, 3.63) is 57.9 Å². The summed E-state index contributed by atoms with van der Waals surface area (Å²) in [6, 6.07) is 8.11. The van der Waals surface area contributed by atoms with Gasteiger partial charge in [-0.3, -0.25) is 4.98 Å². The van der Waals surface area contributed by atoms with E-state index in [9.17, 15) is 4.39 Å². The van der Waals surface area contributed by atoms with Crippen LogP contribution in [0.25, 0.3) is 22.7 Å². The minimum absolute atomic E-state index is 0.268. The van der Waals surface area contributed by atoms with Crippen LogP contribution in [0.15, 0.2) is 47.1 Å². The van der Waals surface area contributed by atoms with Crippen LogP contribution in [0.4, 0.5) is 4.39 Å². The van der Waals surface area contributed by atoms with E-state index in [-0.39, 0.29) is 5.82 Å². The molecule has 100 valence electrons. The van der Waals surface area contributed by atoms with E-state index < -0.39 is 0 Å². The Morgan fingerprint density at radius 1 is 1.15 bits per heavy atom. The predicted octanol–water partition coefficient (Wildman–Crippen LogP) is 4.46. The summed E-state index contributed by atoms with van der Waals surface area (Å²) in [5.41, 5.74) is 3.44. The van der Waals surface area contributed by atoms with E-state index in [0.717, 1.165) is 16.7 Å². The van der Waals surface area contributed by atoms with Crippen molar-refractivity contribution in [2.45, 2.75) is 6.92 Å². The molecule has 0 bridgehead atoms. The minimum atomic E-state index is -0.268. The van der Waals surface area contributed by atoms with Gasteiger partial charge in [-0.1, -0.05) is 0 Å². The van der Waals surface area contributed by atoms with E-state index in [2.05, 4.69) is 32.6 Å². The van der Waals surface area contributed by atoms with Crippen molar-refractivity contribution in [3.8, 4) is 22.7 Å². The average molecular weight is 380 g/mol. The van der Waals surface area contributed by atoms with E-state index in [1.807, 2.05) is 13.0 Å². The number of hydrogen-bond acceptors (Lipinski definition) is 3. The number of aromatic nitrogens is 2. The standard InChI is InChI=1S/C15H10FIN2O/c1-9-6-7-18-8-12(9)15-19-13(14(17)20-15)10-2-4-11(16)5-3-10/h2-8H,1H3. The molecule has 3 aromatic rings. The molecule has 0 radical (unpaired) electrons. The molecule has 0 saturated carbocycles. The SMILES string of the molecule is Cc1ccncc1-c1nc(-c2ccc(F)cc2)c(I)o1. The average Bonchev–Trinajstić information content (AvgIpc) is 2.82. The summed E-state index contributed by atoms with van der Waals surface area (Å²) >= 11 is 2.09. The zero-order chi connectivity index (χ0) is 14.1. The molecule has 0 saturated heterocycles. The maximum Gasteiger partial charge on any atom is 0.229 e. The molecule has 0 aliphatic carbocycles. The molecule has 20 heavy (non-hydrogen) atoms. The molecule has 5 heteroatoms. The molecule has 0 atom stereocenters. The first-order valence-corrected chi connectivity index (χ1v) is 7.06. The lowest BCUT2D eigenvalue weighted by Gasteiger charge is -1.98. The van der Waals surface area contributed by atoms with Gasteiger partial charge < -0.3 is 4.42 Å². The first kappa shape index (κ1) is 13.2. The maximum absolute atomic E-state index is 13.0. The summed E-state index contributed by atoms with van der Waals surface area (Å²) in [7, 11) is 0. The Bertz CT molecular complexity index is 753. The number of nitrogens with zero attached hydrogens (tertiary/aromatic N) is 2. The fourth-order valence-corrected chi connectivity index (χ4v) is 2.53. The van der Waals surface area contributed by atoms with E-state index in [4.69, 9.17) is 4.42 Å². The highest BCUT2D eigenvalue weighted by Crippen LogP contribution is 2.31. The number of oxazole rings is 1. The maximum atomic E-state index is 13.0. The van der Waals surface area contributed by atoms with Gasteiger partial charge in [0.05, 0.1) is 5.56 Å². The zero-order valence-corrected chi connectivity index (χ0v) is 12.8. The monoisotopic (exact) mass is 380 g/mol. The highest BCUT2D eigenvalue weighted by Gasteiger charge is 2.15. The molecule has 2 aromatic heterocycles. The predicted molar refractivity (Wildman–Crippen MR) is 82.6 cm³/mol. The largest absolute Gasteiger partial charge is 0.430 e. The molecule has 0 amide bonds. The van der Waals surface area contributed by atoms with Crippen LogP contribution >= 0.6 is 22.6 Å². The summed E-state index contributed by atoms with van der Waals surface area (Å²) < 4.78 is 19.4. The van der Waals surface area contributed by atoms with Crippen LogP contribution in [-0.2, 0) is 0 Å². The summed E-state index contributed by atoms with van der Waals surface area (Å²) in [6.45, 7) is 1.98. The van der Waals surface area contributed by atoms with Gasteiger partial charge in [0, 0.05) is 40.5 Å². The third-order valence-corrected chi connectivity index (χ3v) is 3.70. The van der Waals surface area contributed by atoms with Crippen molar-refractivity contribution in [2.75, 3.05) is 0 Å². The lowest BCUT2D eigenvalue weighted by atomic mass is 10.1.